The third kappa shape index (κ3) is 3.50. The minimum Gasteiger partial charge on any atom is -0.493 e. The second-order valence-electron chi connectivity index (χ2n) is 5.21. The molecule has 0 bridgehead atoms. The molecule has 1 amide bonds. The highest BCUT2D eigenvalue weighted by atomic mass is 32.2. The number of nitrogens with zero attached hydrogens (tertiary/aromatic N) is 1. The normalized spacial score (nSPS) is 18.6. The molecule has 1 fully saturated rings. The van der Waals surface area contributed by atoms with Crippen LogP contribution in [0, 0.1) is 5.92 Å². The van der Waals surface area contributed by atoms with Crippen molar-refractivity contribution in [2.75, 3.05) is 34.4 Å². The first-order chi connectivity index (χ1) is 10.4. The van der Waals surface area contributed by atoms with Gasteiger partial charge >= 0.3 is 0 Å². The Morgan fingerprint density at radius 1 is 1.27 bits per heavy atom. The van der Waals surface area contributed by atoms with Crippen LogP contribution in [0.3, 0.4) is 0 Å². The number of carbonyl (C=O) groups excluding carboxylic acids is 1. The van der Waals surface area contributed by atoms with E-state index in [1.165, 1.54) is 26.4 Å². The van der Waals surface area contributed by atoms with Crippen molar-refractivity contribution in [2.24, 2.45) is 5.92 Å². The molecule has 1 atom stereocenters. The number of hydrogen-bond donors (Lipinski definition) is 1. The molecular formula is C14H20N2O5S. The van der Waals surface area contributed by atoms with Crippen molar-refractivity contribution < 1.29 is 22.7 Å². The SMILES string of the molecule is COc1ccc(S(=O)(=O)NCC2CC(=O)N(C)C2)cc1OC. The molecule has 1 N–H and O–H groups in total. The van der Waals surface area contributed by atoms with Crippen LogP contribution in [-0.2, 0) is 14.8 Å². The van der Waals surface area contributed by atoms with E-state index in [1.54, 1.807) is 18.0 Å². The van der Waals surface area contributed by atoms with E-state index in [0.717, 1.165) is 0 Å². The Hall–Kier alpha value is -1.80. The Balaban J connectivity index is 2.09. The molecule has 2 rings (SSSR count). The van der Waals surface area contributed by atoms with E-state index in [-0.39, 0.29) is 23.3 Å². The molecule has 1 unspecified atom stereocenters. The molecule has 0 radical (unpaired) electrons. The van der Waals surface area contributed by atoms with Crippen LogP contribution in [0.5, 0.6) is 11.5 Å². The Morgan fingerprint density at radius 3 is 2.50 bits per heavy atom. The van der Waals surface area contributed by atoms with Crippen molar-refractivity contribution in [3.8, 4) is 11.5 Å². The molecule has 7 nitrogen and oxygen atoms in total. The first-order valence-electron chi connectivity index (χ1n) is 6.83. The molecule has 22 heavy (non-hydrogen) atoms. The zero-order valence-corrected chi connectivity index (χ0v) is 13.6. The summed E-state index contributed by atoms with van der Waals surface area (Å²) in [6.45, 7) is 0.792. The van der Waals surface area contributed by atoms with E-state index in [2.05, 4.69) is 4.72 Å². The first kappa shape index (κ1) is 16.6. The predicted molar refractivity (Wildman–Crippen MR) is 80.5 cm³/mol. The summed E-state index contributed by atoms with van der Waals surface area (Å²) >= 11 is 0. The number of likely N-dealkylation sites (tertiary alicyclic amines) is 1. The largest absolute Gasteiger partial charge is 0.493 e. The summed E-state index contributed by atoms with van der Waals surface area (Å²) < 4.78 is 37.4. The highest BCUT2D eigenvalue weighted by molar-refractivity contribution is 7.89. The van der Waals surface area contributed by atoms with Crippen molar-refractivity contribution in [1.82, 2.24) is 9.62 Å². The lowest BCUT2D eigenvalue weighted by atomic mass is 10.1. The first-order valence-corrected chi connectivity index (χ1v) is 8.31. The van der Waals surface area contributed by atoms with Crippen molar-refractivity contribution in [3.63, 3.8) is 0 Å². The average molecular weight is 328 g/mol. The fourth-order valence-corrected chi connectivity index (χ4v) is 3.52. The van der Waals surface area contributed by atoms with Crippen LogP contribution in [0.4, 0.5) is 0 Å². The highest BCUT2D eigenvalue weighted by Gasteiger charge is 2.28. The van der Waals surface area contributed by atoms with Crippen molar-refractivity contribution >= 4 is 15.9 Å². The molecule has 0 aliphatic carbocycles. The van der Waals surface area contributed by atoms with Crippen LogP contribution >= 0.6 is 0 Å². The van der Waals surface area contributed by atoms with Crippen LogP contribution < -0.4 is 14.2 Å². The van der Waals surface area contributed by atoms with Gasteiger partial charge in [-0.2, -0.15) is 0 Å². The third-order valence-corrected chi connectivity index (χ3v) is 5.07. The monoisotopic (exact) mass is 328 g/mol. The van der Waals surface area contributed by atoms with Crippen LogP contribution in [0.25, 0.3) is 0 Å². The fourth-order valence-electron chi connectivity index (χ4n) is 2.39. The lowest BCUT2D eigenvalue weighted by Gasteiger charge is -2.13. The number of rotatable bonds is 6. The number of methoxy groups -OCH3 is 2. The molecule has 0 aromatic heterocycles. The second kappa shape index (κ2) is 6.53. The van der Waals surface area contributed by atoms with Gasteiger partial charge < -0.3 is 14.4 Å². The van der Waals surface area contributed by atoms with Crippen molar-refractivity contribution in [2.45, 2.75) is 11.3 Å². The third-order valence-electron chi connectivity index (χ3n) is 3.65. The molecule has 1 heterocycles. The molecule has 1 aromatic rings. The topological polar surface area (TPSA) is 84.9 Å². The lowest BCUT2D eigenvalue weighted by molar-refractivity contribution is -0.126. The fraction of sp³-hybridized carbons (Fsp3) is 0.500. The molecule has 0 saturated carbocycles. The quantitative estimate of drug-likeness (QED) is 0.820. The number of hydrogen-bond acceptors (Lipinski definition) is 5. The molecule has 1 aliphatic rings. The minimum absolute atomic E-state index is 0.00702. The maximum Gasteiger partial charge on any atom is 0.240 e. The molecular weight excluding hydrogens is 308 g/mol. The predicted octanol–water partition coefficient (Wildman–Crippen LogP) is 0.460. The lowest BCUT2D eigenvalue weighted by Crippen LogP contribution is -2.30. The maximum absolute atomic E-state index is 12.3. The van der Waals surface area contributed by atoms with Gasteiger partial charge in [0.25, 0.3) is 0 Å². The zero-order valence-electron chi connectivity index (χ0n) is 12.8. The van der Waals surface area contributed by atoms with Crippen molar-refractivity contribution in [1.29, 1.82) is 0 Å². The van der Waals surface area contributed by atoms with Crippen LogP contribution in [0.2, 0.25) is 0 Å². The molecule has 1 aliphatic heterocycles. The molecule has 1 saturated heterocycles. The summed E-state index contributed by atoms with van der Waals surface area (Å²) in [6.07, 6.45) is 0.366. The smallest absolute Gasteiger partial charge is 0.240 e. The van der Waals surface area contributed by atoms with Gasteiger partial charge in [-0.25, -0.2) is 13.1 Å². The van der Waals surface area contributed by atoms with Crippen LogP contribution in [-0.4, -0.2) is 53.6 Å². The number of sulfonamides is 1. The molecule has 1 aromatic carbocycles. The van der Waals surface area contributed by atoms with Gasteiger partial charge in [-0.05, 0) is 18.1 Å². The van der Waals surface area contributed by atoms with E-state index in [1.807, 2.05) is 0 Å². The van der Waals surface area contributed by atoms with Gasteiger partial charge in [0.15, 0.2) is 11.5 Å². The van der Waals surface area contributed by atoms with Gasteiger partial charge in [-0.1, -0.05) is 0 Å². The molecule has 0 spiro atoms. The number of carbonyl (C=O) groups is 1. The van der Waals surface area contributed by atoms with Crippen LogP contribution in [0.1, 0.15) is 6.42 Å². The van der Waals surface area contributed by atoms with Gasteiger partial charge in [0, 0.05) is 32.6 Å². The van der Waals surface area contributed by atoms with Gasteiger partial charge in [-0.15, -0.1) is 0 Å². The average Bonchev–Trinajstić information content (AvgIpc) is 2.83. The van der Waals surface area contributed by atoms with E-state index >= 15 is 0 Å². The van der Waals surface area contributed by atoms with E-state index in [0.29, 0.717) is 24.5 Å². The summed E-state index contributed by atoms with van der Waals surface area (Å²) in [4.78, 5) is 13.2. The Labute approximate surface area is 130 Å². The highest BCUT2D eigenvalue weighted by Crippen LogP contribution is 2.29. The summed E-state index contributed by atoms with van der Waals surface area (Å²) in [7, 11) is 0.988. The van der Waals surface area contributed by atoms with E-state index in [4.69, 9.17) is 9.47 Å². The van der Waals surface area contributed by atoms with Crippen molar-refractivity contribution in [3.05, 3.63) is 18.2 Å². The van der Waals surface area contributed by atoms with E-state index < -0.39 is 10.0 Å². The minimum atomic E-state index is -3.66. The molecule has 122 valence electrons. The second-order valence-corrected chi connectivity index (χ2v) is 6.98. The Kier molecular flexibility index (Phi) is 4.92. The summed E-state index contributed by atoms with van der Waals surface area (Å²) in [5.74, 6) is 0.841. The number of ether oxygens (including phenoxy) is 2. The van der Waals surface area contributed by atoms with E-state index in [9.17, 15) is 13.2 Å². The van der Waals surface area contributed by atoms with Gasteiger partial charge in [0.05, 0.1) is 19.1 Å². The summed E-state index contributed by atoms with van der Waals surface area (Å²) in [6, 6.07) is 4.41. The summed E-state index contributed by atoms with van der Waals surface area (Å²) in [5, 5.41) is 0. The number of nitrogens with one attached hydrogen (secondary N) is 1. The van der Waals surface area contributed by atoms with Crippen LogP contribution in [0.15, 0.2) is 23.1 Å². The van der Waals surface area contributed by atoms with Gasteiger partial charge in [0.1, 0.15) is 0 Å². The number of benzene rings is 1. The standard InChI is InChI=1S/C14H20N2O5S/c1-16-9-10(6-14(16)17)8-15-22(18,19)11-4-5-12(20-2)13(7-11)21-3/h4-5,7,10,15H,6,8-9H2,1-3H3. The maximum atomic E-state index is 12.3. The zero-order chi connectivity index (χ0) is 16.3. The Bertz CT molecular complexity index is 659. The van der Waals surface area contributed by atoms with Gasteiger partial charge in [-0.3, -0.25) is 4.79 Å². The molecule has 8 heteroatoms. The number of amides is 1. The van der Waals surface area contributed by atoms with Gasteiger partial charge in [0.2, 0.25) is 15.9 Å². The summed E-state index contributed by atoms with van der Waals surface area (Å²) in [5.41, 5.74) is 0. The Morgan fingerprint density at radius 2 is 1.95 bits per heavy atom.